The maximum Gasteiger partial charge on any atom is 0.295 e. The summed E-state index contributed by atoms with van der Waals surface area (Å²) in [7, 11) is 3.29. The number of hydrogen-bond acceptors (Lipinski definition) is 6. The summed E-state index contributed by atoms with van der Waals surface area (Å²) in [5, 5.41) is 18.3. The number of rotatable bonds is 7. The van der Waals surface area contributed by atoms with E-state index in [-0.39, 0.29) is 11.3 Å². The minimum absolute atomic E-state index is 0.0853. The number of nitrogens with zero attached hydrogens (tertiary/aromatic N) is 5. The van der Waals surface area contributed by atoms with E-state index in [1.807, 2.05) is 72.8 Å². The van der Waals surface area contributed by atoms with Crippen molar-refractivity contribution in [2.75, 3.05) is 12.4 Å². The number of hydrogen-bond donors (Lipinski definition) is 1. The molecular formula is C33H26N6O4. The van der Waals surface area contributed by atoms with Crippen LogP contribution in [0, 0.1) is 18.3 Å². The molecule has 0 aliphatic rings. The van der Waals surface area contributed by atoms with Gasteiger partial charge in [0, 0.05) is 24.2 Å². The number of carbonyl (C=O) groups excluding carboxylic acids is 1. The van der Waals surface area contributed by atoms with Crippen molar-refractivity contribution in [2.45, 2.75) is 6.92 Å². The summed E-state index contributed by atoms with van der Waals surface area (Å²) >= 11 is 0. The highest BCUT2D eigenvalue weighted by Crippen LogP contribution is 2.35. The van der Waals surface area contributed by atoms with E-state index in [2.05, 4.69) is 5.32 Å². The van der Waals surface area contributed by atoms with Gasteiger partial charge in [0.15, 0.2) is 17.1 Å². The van der Waals surface area contributed by atoms with E-state index in [4.69, 9.17) is 14.3 Å². The number of methoxy groups -OCH3 is 1. The molecule has 0 unspecified atom stereocenters. The van der Waals surface area contributed by atoms with Crippen LogP contribution in [-0.4, -0.2) is 32.2 Å². The molecule has 0 atom stereocenters. The summed E-state index contributed by atoms with van der Waals surface area (Å²) < 4.78 is 16.4. The summed E-state index contributed by atoms with van der Waals surface area (Å²) in [5.41, 5.74) is 2.87. The van der Waals surface area contributed by atoms with Gasteiger partial charge in [0.1, 0.15) is 23.0 Å². The second kappa shape index (κ2) is 11.1. The Bertz CT molecular complexity index is 2110. The van der Waals surface area contributed by atoms with Crippen LogP contribution in [0.4, 0.5) is 5.69 Å². The Morgan fingerprint density at radius 3 is 2.40 bits per heavy atom. The van der Waals surface area contributed by atoms with Gasteiger partial charge >= 0.3 is 0 Å². The average Bonchev–Trinajstić information content (AvgIpc) is 3.72. The first-order valence-corrected chi connectivity index (χ1v) is 13.4. The Balaban J connectivity index is 1.42. The third-order valence-electron chi connectivity index (χ3n) is 7.18. The zero-order chi connectivity index (χ0) is 30.1. The van der Waals surface area contributed by atoms with Crippen LogP contribution in [0.5, 0.6) is 5.75 Å². The number of nitrogens with one attached hydrogen (secondary N) is 1. The topological polar surface area (TPSA) is 120 Å². The molecule has 6 rings (SSSR count). The highest BCUT2D eigenvalue weighted by atomic mass is 16.5. The SMILES string of the molecule is COc1cccc2cc(-c3nn(-c4ccccc4)cc3/C=C(/C#N)C(=O)Nc3c(C)n(C)n(-c4ccccc4)c3=O)oc12. The fourth-order valence-electron chi connectivity index (χ4n) is 4.91. The fourth-order valence-corrected chi connectivity index (χ4v) is 4.91. The quantitative estimate of drug-likeness (QED) is 0.196. The smallest absolute Gasteiger partial charge is 0.295 e. The van der Waals surface area contributed by atoms with E-state index in [9.17, 15) is 14.9 Å². The number of aromatic nitrogens is 4. The molecule has 3 heterocycles. The summed E-state index contributed by atoms with van der Waals surface area (Å²) in [4.78, 5) is 26.8. The molecule has 212 valence electrons. The first-order valence-electron chi connectivity index (χ1n) is 13.4. The van der Waals surface area contributed by atoms with Crippen LogP contribution < -0.4 is 15.6 Å². The van der Waals surface area contributed by atoms with Gasteiger partial charge in [-0.05, 0) is 49.4 Å². The number of ether oxygens (including phenoxy) is 1. The van der Waals surface area contributed by atoms with Gasteiger partial charge in [-0.15, -0.1) is 0 Å². The monoisotopic (exact) mass is 570 g/mol. The van der Waals surface area contributed by atoms with Gasteiger partial charge in [-0.1, -0.05) is 48.5 Å². The van der Waals surface area contributed by atoms with Crippen molar-refractivity contribution in [2.24, 2.45) is 7.05 Å². The number of furan rings is 1. The molecule has 0 radical (unpaired) electrons. The van der Waals surface area contributed by atoms with Gasteiger partial charge in [-0.2, -0.15) is 10.4 Å². The Kier molecular flexibility index (Phi) is 6.97. The van der Waals surface area contributed by atoms with Crippen molar-refractivity contribution in [3.05, 3.63) is 118 Å². The van der Waals surface area contributed by atoms with E-state index in [0.29, 0.717) is 39.7 Å². The van der Waals surface area contributed by atoms with Crippen LogP contribution >= 0.6 is 0 Å². The van der Waals surface area contributed by atoms with Crippen molar-refractivity contribution >= 4 is 28.6 Å². The number of fused-ring (bicyclic) bond motifs is 1. The third kappa shape index (κ3) is 4.89. The van der Waals surface area contributed by atoms with Crippen LogP contribution in [0.2, 0.25) is 0 Å². The highest BCUT2D eigenvalue weighted by Gasteiger charge is 2.22. The largest absolute Gasteiger partial charge is 0.493 e. The van der Waals surface area contributed by atoms with Gasteiger partial charge < -0.3 is 14.5 Å². The lowest BCUT2D eigenvalue weighted by molar-refractivity contribution is -0.112. The van der Waals surface area contributed by atoms with Gasteiger partial charge in [-0.3, -0.25) is 14.3 Å². The second-order valence-electron chi connectivity index (χ2n) is 9.76. The maximum absolute atomic E-state index is 13.4. The van der Waals surface area contributed by atoms with Gasteiger partial charge in [0.2, 0.25) is 0 Å². The van der Waals surface area contributed by atoms with Gasteiger partial charge in [0.05, 0.1) is 24.2 Å². The summed E-state index contributed by atoms with van der Waals surface area (Å²) in [6.07, 6.45) is 3.16. The van der Waals surface area contributed by atoms with Gasteiger partial charge in [-0.25, -0.2) is 9.36 Å². The molecule has 0 aliphatic heterocycles. The fraction of sp³-hybridized carbons (Fsp3) is 0.0909. The lowest BCUT2D eigenvalue weighted by atomic mass is 10.1. The minimum atomic E-state index is -0.724. The standard InChI is InChI=1S/C33H26N6O4/c1-21-29(33(41)39(37(21)2)26-14-8-5-9-15-26)35-32(40)23(19-34)17-24-20-38(25-12-6-4-7-13-25)36-30(24)28-18-22-11-10-16-27(42-3)31(22)43-28/h4-18,20H,1-3H3,(H,35,40)/b23-17-. The van der Waals surface area contributed by atoms with Crippen LogP contribution in [0.1, 0.15) is 11.3 Å². The van der Waals surface area contributed by atoms with Crippen molar-refractivity contribution in [3.8, 4) is 34.6 Å². The van der Waals surface area contributed by atoms with Crippen molar-refractivity contribution < 1.29 is 13.9 Å². The Morgan fingerprint density at radius 2 is 1.72 bits per heavy atom. The molecule has 3 aromatic carbocycles. The third-order valence-corrected chi connectivity index (χ3v) is 7.18. The molecule has 0 bridgehead atoms. The molecule has 10 heteroatoms. The van der Waals surface area contributed by atoms with Crippen molar-refractivity contribution in [1.29, 1.82) is 5.26 Å². The zero-order valence-corrected chi connectivity index (χ0v) is 23.6. The summed E-state index contributed by atoms with van der Waals surface area (Å²) in [6, 6.07) is 27.9. The molecule has 0 spiro atoms. The predicted octanol–water partition coefficient (Wildman–Crippen LogP) is 5.64. The molecule has 10 nitrogen and oxygen atoms in total. The van der Waals surface area contributed by atoms with Crippen molar-refractivity contribution in [3.63, 3.8) is 0 Å². The molecule has 0 saturated heterocycles. The highest BCUT2D eigenvalue weighted by molar-refractivity contribution is 6.10. The molecule has 43 heavy (non-hydrogen) atoms. The zero-order valence-electron chi connectivity index (χ0n) is 23.6. The first-order chi connectivity index (χ1) is 20.9. The van der Waals surface area contributed by atoms with Crippen LogP contribution in [-0.2, 0) is 11.8 Å². The number of nitriles is 1. The molecule has 1 amide bonds. The summed E-state index contributed by atoms with van der Waals surface area (Å²) in [6.45, 7) is 1.73. The lowest BCUT2D eigenvalue weighted by Crippen LogP contribution is -2.23. The minimum Gasteiger partial charge on any atom is -0.493 e. The Morgan fingerprint density at radius 1 is 1.02 bits per heavy atom. The van der Waals surface area contributed by atoms with E-state index < -0.39 is 11.5 Å². The molecule has 0 fully saturated rings. The van der Waals surface area contributed by atoms with E-state index >= 15 is 0 Å². The van der Waals surface area contributed by atoms with E-state index in [1.165, 1.54) is 10.8 Å². The summed E-state index contributed by atoms with van der Waals surface area (Å²) in [5.74, 6) is 0.279. The second-order valence-corrected chi connectivity index (χ2v) is 9.76. The maximum atomic E-state index is 13.4. The molecule has 1 N–H and O–H groups in total. The number of benzene rings is 3. The van der Waals surface area contributed by atoms with E-state index in [1.54, 1.807) is 54.8 Å². The normalized spacial score (nSPS) is 11.4. The van der Waals surface area contributed by atoms with Crippen LogP contribution in [0.3, 0.4) is 0 Å². The Labute approximate surface area is 246 Å². The molecular weight excluding hydrogens is 544 g/mol. The first kappa shape index (κ1) is 27.1. The molecule has 0 saturated carbocycles. The number of carbonyl (C=O) groups is 1. The number of anilines is 1. The number of para-hydroxylation sites is 3. The van der Waals surface area contributed by atoms with Crippen LogP contribution in [0.15, 0.2) is 106 Å². The van der Waals surface area contributed by atoms with Gasteiger partial charge in [0.25, 0.3) is 11.5 Å². The molecule has 0 aliphatic carbocycles. The van der Waals surface area contributed by atoms with Crippen LogP contribution in [0.25, 0.3) is 39.9 Å². The Hall–Kier alpha value is -6.08. The molecule has 6 aromatic rings. The molecule has 3 aromatic heterocycles. The lowest BCUT2D eigenvalue weighted by Gasteiger charge is -2.07. The van der Waals surface area contributed by atoms with E-state index in [0.717, 1.165) is 11.1 Å². The average molecular weight is 571 g/mol. The number of amides is 1. The predicted molar refractivity (Wildman–Crippen MR) is 163 cm³/mol. The van der Waals surface area contributed by atoms with Crippen molar-refractivity contribution in [1.82, 2.24) is 19.1 Å².